The molecule has 0 saturated carbocycles. The fourth-order valence-electron chi connectivity index (χ4n) is 3.53. The maximum absolute atomic E-state index is 12.5. The molecule has 34 heavy (non-hydrogen) atoms. The highest BCUT2D eigenvalue weighted by Crippen LogP contribution is 2.27. The summed E-state index contributed by atoms with van der Waals surface area (Å²) in [5.41, 5.74) is 2.79. The average molecular weight is 466 g/mol. The number of methoxy groups -OCH3 is 2. The number of furan rings is 1. The largest absolute Gasteiger partial charge is 0.497 e. The summed E-state index contributed by atoms with van der Waals surface area (Å²) in [4.78, 5) is 24.7. The standard InChI is InChI=1S/C25H27N3O6/c1-16-17(2)28(14-19-6-5-9-33-19)25(22(16)13-26)27-23(29)15-34-24(30)8-7-18-10-20(31-3)12-21(11-18)32-4/h5-6,9-12H,7-8,14-15H2,1-4H3,(H,27,29). The summed E-state index contributed by atoms with van der Waals surface area (Å²) in [5, 5.41) is 12.3. The average Bonchev–Trinajstić information content (AvgIpc) is 3.43. The molecule has 0 atom stereocenters. The Balaban J connectivity index is 1.60. The third-order valence-corrected chi connectivity index (χ3v) is 5.49. The summed E-state index contributed by atoms with van der Waals surface area (Å²) in [5.74, 6) is 1.22. The highest BCUT2D eigenvalue weighted by atomic mass is 16.5. The number of hydrogen-bond donors (Lipinski definition) is 1. The lowest BCUT2D eigenvalue weighted by atomic mass is 10.1. The molecule has 178 valence electrons. The predicted octanol–water partition coefficient (Wildman–Crippen LogP) is 3.75. The van der Waals surface area contributed by atoms with Crippen LogP contribution in [0.5, 0.6) is 11.5 Å². The highest BCUT2D eigenvalue weighted by Gasteiger charge is 2.21. The van der Waals surface area contributed by atoms with Crippen molar-refractivity contribution in [3.05, 3.63) is 64.7 Å². The van der Waals surface area contributed by atoms with Crippen molar-refractivity contribution < 1.29 is 28.2 Å². The fourth-order valence-corrected chi connectivity index (χ4v) is 3.53. The van der Waals surface area contributed by atoms with E-state index in [9.17, 15) is 14.9 Å². The van der Waals surface area contributed by atoms with Crippen LogP contribution in [-0.4, -0.2) is 37.3 Å². The van der Waals surface area contributed by atoms with Gasteiger partial charge >= 0.3 is 5.97 Å². The molecule has 9 heteroatoms. The molecule has 0 unspecified atom stereocenters. The molecular weight excluding hydrogens is 438 g/mol. The summed E-state index contributed by atoms with van der Waals surface area (Å²) in [6.07, 6.45) is 2.04. The lowest BCUT2D eigenvalue weighted by molar-refractivity contribution is -0.147. The molecule has 1 amide bonds. The number of aromatic nitrogens is 1. The van der Waals surface area contributed by atoms with Crippen LogP contribution in [0, 0.1) is 25.2 Å². The van der Waals surface area contributed by atoms with Gasteiger partial charge in [0.15, 0.2) is 6.61 Å². The number of aryl methyl sites for hydroxylation is 1. The molecule has 1 N–H and O–H groups in total. The second kappa shape index (κ2) is 11.1. The van der Waals surface area contributed by atoms with Gasteiger partial charge in [-0.25, -0.2) is 0 Å². The number of rotatable bonds is 10. The Bertz CT molecular complexity index is 1180. The van der Waals surface area contributed by atoms with E-state index in [1.54, 1.807) is 37.2 Å². The molecule has 9 nitrogen and oxygen atoms in total. The summed E-state index contributed by atoms with van der Waals surface area (Å²) in [6, 6.07) is 11.1. The van der Waals surface area contributed by atoms with Crippen LogP contribution in [0.3, 0.4) is 0 Å². The van der Waals surface area contributed by atoms with Crippen LogP contribution in [0.15, 0.2) is 41.0 Å². The molecule has 3 aromatic rings. The van der Waals surface area contributed by atoms with Gasteiger partial charge in [-0.2, -0.15) is 5.26 Å². The van der Waals surface area contributed by atoms with Crippen LogP contribution < -0.4 is 14.8 Å². The first-order valence-electron chi connectivity index (χ1n) is 10.7. The first-order chi connectivity index (χ1) is 16.4. The third kappa shape index (κ3) is 5.78. The van der Waals surface area contributed by atoms with E-state index in [0.29, 0.717) is 41.6 Å². The summed E-state index contributed by atoms with van der Waals surface area (Å²) < 4.78 is 22.8. The van der Waals surface area contributed by atoms with Crippen LogP contribution in [0.4, 0.5) is 5.82 Å². The second-order valence-corrected chi connectivity index (χ2v) is 7.64. The van der Waals surface area contributed by atoms with Crippen LogP contribution in [-0.2, 0) is 27.3 Å². The molecule has 0 fully saturated rings. The number of nitriles is 1. The Morgan fingerprint density at radius 3 is 2.44 bits per heavy atom. The SMILES string of the molecule is COc1cc(CCC(=O)OCC(=O)Nc2c(C#N)c(C)c(C)n2Cc2ccco2)cc(OC)c1. The van der Waals surface area contributed by atoms with Crippen LogP contribution in [0.2, 0.25) is 0 Å². The quantitative estimate of drug-likeness (QED) is 0.453. The zero-order valence-corrected chi connectivity index (χ0v) is 19.6. The van der Waals surface area contributed by atoms with Crippen LogP contribution >= 0.6 is 0 Å². The monoisotopic (exact) mass is 465 g/mol. The first kappa shape index (κ1) is 24.5. The van der Waals surface area contributed by atoms with E-state index in [-0.39, 0.29) is 6.42 Å². The topological polar surface area (TPSA) is 116 Å². The number of hydrogen-bond acceptors (Lipinski definition) is 7. The molecular formula is C25H27N3O6. The van der Waals surface area contributed by atoms with E-state index in [2.05, 4.69) is 11.4 Å². The molecule has 2 heterocycles. The zero-order chi connectivity index (χ0) is 24.7. The van der Waals surface area contributed by atoms with E-state index in [0.717, 1.165) is 16.8 Å². The van der Waals surface area contributed by atoms with Crippen LogP contribution in [0.25, 0.3) is 0 Å². The molecule has 0 aliphatic rings. The number of amides is 1. The summed E-state index contributed by atoms with van der Waals surface area (Å²) in [7, 11) is 3.11. The van der Waals surface area contributed by atoms with E-state index in [4.69, 9.17) is 18.6 Å². The molecule has 0 bridgehead atoms. The highest BCUT2D eigenvalue weighted by molar-refractivity contribution is 5.93. The van der Waals surface area contributed by atoms with E-state index in [1.165, 1.54) is 0 Å². The van der Waals surface area contributed by atoms with Crippen molar-refractivity contribution in [3.63, 3.8) is 0 Å². The van der Waals surface area contributed by atoms with Gasteiger partial charge in [0.05, 0.1) is 32.6 Å². The molecule has 0 spiro atoms. The number of benzene rings is 1. The minimum atomic E-state index is -0.536. The number of anilines is 1. The Morgan fingerprint density at radius 1 is 1.15 bits per heavy atom. The number of carbonyl (C=O) groups excluding carboxylic acids is 2. The lowest BCUT2D eigenvalue weighted by Crippen LogP contribution is -2.23. The van der Waals surface area contributed by atoms with Crippen molar-refractivity contribution in [2.75, 3.05) is 26.1 Å². The molecule has 2 aromatic heterocycles. The molecule has 0 aliphatic carbocycles. The minimum Gasteiger partial charge on any atom is -0.497 e. The van der Waals surface area contributed by atoms with Crippen LogP contribution in [0.1, 0.15) is 34.6 Å². The third-order valence-electron chi connectivity index (χ3n) is 5.49. The van der Waals surface area contributed by atoms with Gasteiger partial charge in [0.2, 0.25) is 0 Å². The second-order valence-electron chi connectivity index (χ2n) is 7.64. The Hall–Kier alpha value is -4.19. The molecule has 0 aliphatic heterocycles. The normalized spacial score (nSPS) is 10.4. The number of ether oxygens (including phenoxy) is 3. The number of carbonyl (C=O) groups is 2. The van der Waals surface area contributed by atoms with Gasteiger partial charge in [-0.15, -0.1) is 0 Å². The van der Waals surface area contributed by atoms with Crippen molar-refractivity contribution in [1.29, 1.82) is 5.26 Å². The van der Waals surface area contributed by atoms with E-state index >= 15 is 0 Å². The van der Waals surface area contributed by atoms with Gasteiger partial charge in [-0.05, 0) is 55.7 Å². The number of nitrogens with one attached hydrogen (secondary N) is 1. The fraction of sp³-hybridized carbons (Fsp3) is 0.320. The zero-order valence-electron chi connectivity index (χ0n) is 19.6. The smallest absolute Gasteiger partial charge is 0.306 e. The molecule has 0 radical (unpaired) electrons. The maximum atomic E-state index is 12.5. The Kier molecular flexibility index (Phi) is 7.98. The predicted molar refractivity (Wildman–Crippen MR) is 124 cm³/mol. The van der Waals surface area contributed by atoms with Crippen molar-refractivity contribution >= 4 is 17.7 Å². The van der Waals surface area contributed by atoms with Gasteiger partial charge in [-0.3, -0.25) is 9.59 Å². The van der Waals surface area contributed by atoms with Crippen molar-refractivity contribution in [2.45, 2.75) is 33.2 Å². The molecule has 0 saturated heterocycles. The Morgan fingerprint density at radius 2 is 1.85 bits per heavy atom. The molecule has 1 aromatic carbocycles. The lowest BCUT2D eigenvalue weighted by Gasteiger charge is -2.12. The number of esters is 1. The first-order valence-corrected chi connectivity index (χ1v) is 10.7. The Labute approximate surface area is 197 Å². The van der Waals surface area contributed by atoms with Crippen molar-refractivity contribution in [3.8, 4) is 17.6 Å². The van der Waals surface area contributed by atoms with Gasteiger partial charge < -0.3 is 28.5 Å². The summed E-state index contributed by atoms with van der Waals surface area (Å²) >= 11 is 0. The minimum absolute atomic E-state index is 0.0835. The van der Waals surface area contributed by atoms with Gasteiger partial charge in [0, 0.05) is 18.2 Å². The van der Waals surface area contributed by atoms with Crippen molar-refractivity contribution in [1.82, 2.24) is 4.57 Å². The summed E-state index contributed by atoms with van der Waals surface area (Å²) in [6.45, 7) is 3.56. The van der Waals surface area contributed by atoms with Gasteiger partial charge in [0.1, 0.15) is 29.1 Å². The van der Waals surface area contributed by atoms with Gasteiger partial charge in [-0.1, -0.05) is 0 Å². The maximum Gasteiger partial charge on any atom is 0.306 e. The van der Waals surface area contributed by atoms with E-state index < -0.39 is 18.5 Å². The van der Waals surface area contributed by atoms with Gasteiger partial charge in [0.25, 0.3) is 5.91 Å². The molecule has 3 rings (SSSR count). The number of nitrogens with zero attached hydrogens (tertiary/aromatic N) is 2. The van der Waals surface area contributed by atoms with Crippen molar-refractivity contribution in [2.24, 2.45) is 0 Å². The van der Waals surface area contributed by atoms with E-state index in [1.807, 2.05) is 32.0 Å².